The number of hydrogen-bond acceptors (Lipinski definition) is 4. The van der Waals surface area contributed by atoms with E-state index in [0.29, 0.717) is 18.9 Å². The van der Waals surface area contributed by atoms with Gasteiger partial charge in [0.25, 0.3) is 0 Å². The maximum atomic E-state index is 13.4. The molecule has 4 saturated carbocycles. The number of hydrogen-bond donors (Lipinski definition) is 2. The molecule has 5 aliphatic rings. The zero-order chi connectivity index (χ0) is 21.1. The molecule has 4 nitrogen and oxygen atoms in total. The zero-order valence-electron chi connectivity index (χ0n) is 19.2. The van der Waals surface area contributed by atoms with Gasteiger partial charge in [-0.25, -0.2) is 0 Å². The highest BCUT2D eigenvalue weighted by Gasteiger charge is 2.58. The lowest BCUT2D eigenvalue weighted by Crippen LogP contribution is -2.51. The van der Waals surface area contributed by atoms with E-state index in [1.54, 1.807) is 0 Å². The van der Waals surface area contributed by atoms with E-state index in [1.807, 2.05) is 6.92 Å². The van der Waals surface area contributed by atoms with Crippen molar-refractivity contribution in [1.82, 2.24) is 4.90 Å². The average Bonchev–Trinajstić information content (AvgIpc) is 3.04. The molecule has 9 atom stereocenters. The predicted octanol–water partition coefficient (Wildman–Crippen LogP) is 4.03. The summed E-state index contributed by atoms with van der Waals surface area (Å²) in [6.45, 7) is 6.69. The topological polar surface area (TPSA) is 60.8 Å². The average molecular weight is 418 g/mol. The summed E-state index contributed by atoms with van der Waals surface area (Å²) in [5.41, 5.74) is -0.246. The van der Waals surface area contributed by atoms with Crippen molar-refractivity contribution in [2.45, 2.75) is 96.2 Å². The number of carbonyl (C=O) groups excluding carboxylic acids is 1. The molecule has 0 aromatic heterocycles. The van der Waals surface area contributed by atoms with Crippen molar-refractivity contribution in [3.05, 3.63) is 0 Å². The standard InChI is InChI=1S/C26H43NO3/c1-25(30)11-9-19-17(14-25)5-6-21-20(19)10-12-26(2)22(21)7-8-23(26)24(29)16-27-13-3-4-18(28)15-27/h17-23,28,30H,3-16H2,1-2H3. The van der Waals surface area contributed by atoms with E-state index in [-0.39, 0.29) is 17.4 Å². The number of Topliss-reactive ketones (excluding diaryl/α,β-unsaturated/α-hetero) is 1. The second-order valence-electron chi connectivity index (χ2n) is 12.3. The van der Waals surface area contributed by atoms with Crippen LogP contribution >= 0.6 is 0 Å². The molecule has 5 rings (SSSR count). The molecule has 1 aliphatic heterocycles. The van der Waals surface area contributed by atoms with E-state index in [9.17, 15) is 15.0 Å². The molecule has 5 fully saturated rings. The predicted molar refractivity (Wildman–Crippen MR) is 118 cm³/mol. The van der Waals surface area contributed by atoms with Crippen LogP contribution in [-0.4, -0.2) is 52.2 Å². The van der Waals surface area contributed by atoms with Crippen molar-refractivity contribution < 1.29 is 15.0 Å². The van der Waals surface area contributed by atoms with E-state index in [4.69, 9.17) is 0 Å². The van der Waals surface area contributed by atoms with Crippen molar-refractivity contribution in [1.29, 1.82) is 0 Å². The van der Waals surface area contributed by atoms with Gasteiger partial charge in [0.15, 0.2) is 0 Å². The minimum Gasteiger partial charge on any atom is -0.392 e. The van der Waals surface area contributed by atoms with Crippen LogP contribution < -0.4 is 0 Å². The van der Waals surface area contributed by atoms with Crippen LogP contribution in [0.2, 0.25) is 0 Å². The fraction of sp³-hybridized carbons (Fsp3) is 0.962. The van der Waals surface area contributed by atoms with E-state index in [1.165, 1.54) is 38.5 Å². The van der Waals surface area contributed by atoms with Crippen LogP contribution in [0, 0.1) is 40.9 Å². The number of likely N-dealkylation sites (tertiary alicyclic amines) is 1. The lowest BCUT2D eigenvalue weighted by atomic mass is 9.49. The molecule has 0 bridgehead atoms. The smallest absolute Gasteiger partial charge is 0.150 e. The van der Waals surface area contributed by atoms with Gasteiger partial charge in [-0.2, -0.15) is 0 Å². The Morgan fingerprint density at radius 2 is 1.77 bits per heavy atom. The first-order valence-electron chi connectivity index (χ1n) is 12.9. The number of fused-ring (bicyclic) bond motifs is 5. The van der Waals surface area contributed by atoms with Crippen molar-refractivity contribution in [3.63, 3.8) is 0 Å². The van der Waals surface area contributed by atoms with Gasteiger partial charge in [-0.05, 0) is 119 Å². The highest BCUT2D eigenvalue weighted by Crippen LogP contribution is 2.64. The summed E-state index contributed by atoms with van der Waals surface area (Å²) in [7, 11) is 0. The largest absolute Gasteiger partial charge is 0.392 e. The van der Waals surface area contributed by atoms with Crippen molar-refractivity contribution in [2.75, 3.05) is 19.6 Å². The lowest BCUT2D eigenvalue weighted by molar-refractivity contribution is -0.134. The van der Waals surface area contributed by atoms with Crippen LogP contribution in [0.4, 0.5) is 0 Å². The van der Waals surface area contributed by atoms with Crippen molar-refractivity contribution in [3.8, 4) is 0 Å². The normalized spacial score (nSPS) is 51.7. The van der Waals surface area contributed by atoms with Gasteiger partial charge in [-0.15, -0.1) is 0 Å². The SMILES string of the molecule is CC1(O)CCC2C(CCC3C2CCC2(C)C(C(=O)CN4CCCC(O)C4)CCC32)C1. The Labute approximate surface area is 182 Å². The van der Waals surface area contributed by atoms with E-state index < -0.39 is 5.60 Å². The van der Waals surface area contributed by atoms with Gasteiger partial charge in [0, 0.05) is 12.5 Å². The van der Waals surface area contributed by atoms with Gasteiger partial charge >= 0.3 is 0 Å². The first-order chi connectivity index (χ1) is 14.3. The second-order valence-corrected chi connectivity index (χ2v) is 12.3. The van der Waals surface area contributed by atoms with E-state index in [0.717, 1.165) is 68.2 Å². The summed E-state index contributed by atoms with van der Waals surface area (Å²) in [6, 6.07) is 0. The Morgan fingerprint density at radius 3 is 2.57 bits per heavy atom. The van der Waals surface area contributed by atoms with Gasteiger partial charge in [-0.3, -0.25) is 9.69 Å². The zero-order valence-corrected chi connectivity index (χ0v) is 19.2. The summed E-state index contributed by atoms with van der Waals surface area (Å²) in [5, 5.41) is 20.6. The molecular weight excluding hydrogens is 374 g/mol. The van der Waals surface area contributed by atoms with Crippen LogP contribution in [0.3, 0.4) is 0 Å². The molecule has 0 aromatic rings. The minimum absolute atomic E-state index is 0.194. The monoisotopic (exact) mass is 417 g/mol. The summed E-state index contributed by atoms with van der Waals surface area (Å²) in [5.74, 6) is 4.59. The van der Waals surface area contributed by atoms with Gasteiger partial charge in [0.1, 0.15) is 5.78 Å². The highest BCUT2D eigenvalue weighted by atomic mass is 16.3. The second kappa shape index (κ2) is 7.85. The molecule has 1 saturated heterocycles. The summed E-state index contributed by atoms with van der Waals surface area (Å²) in [6.07, 6.45) is 12.3. The lowest BCUT2D eigenvalue weighted by Gasteiger charge is -2.57. The maximum Gasteiger partial charge on any atom is 0.150 e. The molecule has 30 heavy (non-hydrogen) atoms. The fourth-order valence-electron chi connectivity index (χ4n) is 9.12. The number of β-amino-alcohol motifs (C(OH)–C–C–N with tert-alkyl or cyclic N) is 1. The number of aliphatic hydroxyl groups is 2. The van der Waals surface area contributed by atoms with Crippen molar-refractivity contribution >= 4 is 5.78 Å². The Bertz CT molecular complexity index is 663. The third-order valence-corrected chi connectivity index (χ3v) is 10.5. The molecule has 0 aromatic carbocycles. The van der Waals surface area contributed by atoms with Gasteiger partial charge in [0.2, 0.25) is 0 Å². The van der Waals surface area contributed by atoms with Gasteiger partial charge < -0.3 is 10.2 Å². The van der Waals surface area contributed by atoms with E-state index >= 15 is 0 Å². The molecule has 170 valence electrons. The summed E-state index contributed by atoms with van der Waals surface area (Å²) in [4.78, 5) is 15.6. The molecule has 0 spiro atoms. The number of rotatable bonds is 3. The third-order valence-electron chi connectivity index (χ3n) is 10.5. The summed E-state index contributed by atoms with van der Waals surface area (Å²) >= 11 is 0. The molecule has 4 heteroatoms. The number of carbonyl (C=O) groups is 1. The summed E-state index contributed by atoms with van der Waals surface area (Å²) < 4.78 is 0. The van der Waals surface area contributed by atoms with Crippen LogP contribution in [0.25, 0.3) is 0 Å². The van der Waals surface area contributed by atoms with Crippen LogP contribution in [0.1, 0.15) is 84.5 Å². The molecule has 2 N–H and O–H groups in total. The third kappa shape index (κ3) is 3.69. The Morgan fingerprint density at radius 1 is 0.967 bits per heavy atom. The first kappa shape index (κ1) is 21.4. The first-order valence-corrected chi connectivity index (χ1v) is 12.9. The van der Waals surface area contributed by atoms with Gasteiger partial charge in [-0.1, -0.05) is 6.92 Å². The van der Waals surface area contributed by atoms with Crippen LogP contribution in [-0.2, 0) is 4.79 Å². The highest BCUT2D eigenvalue weighted by molar-refractivity contribution is 5.84. The minimum atomic E-state index is -0.440. The molecule has 0 radical (unpaired) electrons. The maximum absolute atomic E-state index is 13.4. The number of aliphatic hydroxyl groups excluding tert-OH is 1. The fourth-order valence-corrected chi connectivity index (χ4v) is 9.12. The van der Waals surface area contributed by atoms with Gasteiger partial charge in [0.05, 0.1) is 18.2 Å². The molecular formula is C26H43NO3. The number of piperidine rings is 1. The Kier molecular flexibility index (Phi) is 5.60. The van der Waals surface area contributed by atoms with Crippen LogP contribution in [0.5, 0.6) is 0 Å². The molecule has 1 heterocycles. The molecule has 9 unspecified atom stereocenters. The molecule has 0 amide bonds. The van der Waals surface area contributed by atoms with Crippen molar-refractivity contribution in [2.24, 2.45) is 40.9 Å². The van der Waals surface area contributed by atoms with E-state index in [2.05, 4.69) is 11.8 Å². The number of nitrogens with zero attached hydrogens (tertiary/aromatic N) is 1. The Balaban J connectivity index is 1.27. The van der Waals surface area contributed by atoms with Crippen LogP contribution in [0.15, 0.2) is 0 Å². The molecule has 4 aliphatic carbocycles. The Hall–Kier alpha value is -0.450. The quantitative estimate of drug-likeness (QED) is 0.728. The number of ketones is 1.